The number of carboxylic acid groups (broad SMARTS) is 1. The number of aliphatic carboxylic acids is 1. The molecule has 1 rings (SSSR count). The van der Waals surface area contributed by atoms with Crippen LogP contribution in [0.15, 0.2) is 0 Å². The van der Waals surface area contributed by atoms with Crippen LogP contribution < -0.4 is 0 Å². The molecule has 6 nitrogen and oxygen atoms in total. The van der Waals surface area contributed by atoms with Gasteiger partial charge in [0.1, 0.15) is 5.54 Å². The summed E-state index contributed by atoms with van der Waals surface area (Å²) in [5, 5.41) is 8.99. The van der Waals surface area contributed by atoms with E-state index < -0.39 is 17.6 Å². The average molecular weight is 231 g/mol. The van der Waals surface area contributed by atoms with Crippen LogP contribution in [0.1, 0.15) is 13.8 Å². The molecule has 1 aliphatic rings. The van der Waals surface area contributed by atoms with Crippen molar-refractivity contribution in [2.45, 2.75) is 25.5 Å². The normalized spacial score (nSPS) is 21.6. The lowest BCUT2D eigenvalue weighted by atomic mass is 10.0. The van der Waals surface area contributed by atoms with E-state index in [0.717, 1.165) is 0 Å². The quantitative estimate of drug-likeness (QED) is 0.723. The smallest absolute Gasteiger partial charge is 0.329 e. The van der Waals surface area contributed by atoms with Gasteiger partial charge in [0.05, 0.1) is 19.8 Å². The lowest BCUT2D eigenvalue weighted by Gasteiger charge is -2.35. The summed E-state index contributed by atoms with van der Waals surface area (Å²) >= 11 is 0. The third-order valence-electron chi connectivity index (χ3n) is 2.78. The van der Waals surface area contributed by atoms with Crippen LogP contribution in [0.2, 0.25) is 0 Å². The zero-order chi connectivity index (χ0) is 12.3. The van der Waals surface area contributed by atoms with E-state index in [1.165, 1.54) is 25.8 Å². The van der Waals surface area contributed by atoms with Crippen molar-refractivity contribution in [1.29, 1.82) is 0 Å². The molecular weight excluding hydrogens is 214 g/mol. The Labute approximate surface area is 94.1 Å². The monoisotopic (exact) mass is 231 g/mol. The van der Waals surface area contributed by atoms with Gasteiger partial charge in [0.25, 0.3) is 5.91 Å². The Kier molecular flexibility index (Phi) is 3.88. The Balaban J connectivity index is 2.69. The van der Waals surface area contributed by atoms with Crippen molar-refractivity contribution in [3.8, 4) is 0 Å². The second kappa shape index (κ2) is 4.80. The minimum Gasteiger partial charge on any atom is -0.480 e. The minimum absolute atomic E-state index is 0.179. The van der Waals surface area contributed by atoms with Crippen LogP contribution in [0.5, 0.6) is 0 Å². The summed E-state index contributed by atoms with van der Waals surface area (Å²) in [7, 11) is 1.45. The van der Waals surface area contributed by atoms with Crippen molar-refractivity contribution < 1.29 is 24.2 Å². The highest BCUT2D eigenvalue weighted by Gasteiger charge is 2.38. The summed E-state index contributed by atoms with van der Waals surface area (Å²) < 4.78 is 10.3. The molecule has 1 fully saturated rings. The molecule has 1 atom stereocenters. The first-order valence-electron chi connectivity index (χ1n) is 5.07. The molecule has 16 heavy (non-hydrogen) atoms. The number of rotatable bonds is 3. The first-order chi connectivity index (χ1) is 7.37. The molecule has 1 aliphatic heterocycles. The predicted octanol–water partition coefficient (Wildman–Crippen LogP) is -0.277. The average Bonchev–Trinajstić information content (AvgIpc) is 2.28. The number of carbonyl (C=O) groups is 2. The Morgan fingerprint density at radius 2 is 2.00 bits per heavy atom. The zero-order valence-corrected chi connectivity index (χ0v) is 9.73. The van der Waals surface area contributed by atoms with Gasteiger partial charge in [0.15, 0.2) is 6.10 Å². The number of hydrogen-bond donors (Lipinski definition) is 1. The van der Waals surface area contributed by atoms with Crippen molar-refractivity contribution in [3.05, 3.63) is 0 Å². The summed E-state index contributed by atoms with van der Waals surface area (Å²) in [6, 6.07) is 0. The second-order valence-corrected chi connectivity index (χ2v) is 4.20. The van der Waals surface area contributed by atoms with Gasteiger partial charge >= 0.3 is 5.97 Å². The van der Waals surface area contributed by atoms with Crippen LogP contribution in [-0.2, 0) is 19.1 Å². The SMILES string of the molecule is CN(C(=O)C1COCCO1)C(C)(C)C(=O)O. The van der Waals surface area contributed by atoms with E-state index in [4.69, 9.17) is 14.6 Å². The largest absolute Gasteiger partial charge is 0.480 e. The minimum atomic E-state index is -1.25. The molecule has 1 N–H and O–H groups in total. The summed E-state index contributed by atoms with van der Waals surface area (Å²) in [6.07, 6.45) is -0.697. The molecule has 1 amide bonds. The fourth-order valence-electron chi connectivity index (χ4n) is 1.27. The standard InChI is InChI=1S/C10H17NO5/c1-10(2,9(13)14)11(3)8(12)7-6-15-4-5-16-7/h7H,4-6H2,1-3H3,(H,13,14). The lowest BCUT2D eigenvalue weighted by Crippen LogP contribution is -2.55. The predicted molar refractivity (Wildman–Crippen MR) is 55.0 cm³/mol. The van der Waals surface area contributed by atoms with E-state index in [1.807, 2.05) is 0 Å². The molecule has 0 aromatic rings. The molecule has 1 heterocycles. The molecule has 0 spiro atoms. The van der Waals surface area contributed by atoms with Gasteiger partial charge in [-0.15, -0.1) is 0 Å². The van der Waals surface area contributed by atoms with Crippen molar-refractivity contribution >= 4 is 11.9 Å². The second-order valence-electron chi connectivity index (χ2n) is 4.20. The maximum absolute atomic E-state index is 11.9. The van der Waals surface area contributed by atoms with Gasteiger partial charge in [0, 0.05) is 7.05 Å². The van der Waals surface area contributed by atoms with E-state index >= 15 is 0 Å². The summed E-state index contributed by atoms with van der Waals surface area (Å²) in [5.41, 5.74) is -1.25. The van der Waals surface area contributed by atoms with E-state index in [2.05, 4.69) is 0 Å². The highest BCUT2D eigenvalue weighted by atomic mass is 16.6. The van der Waals surface area contributed by atoms with Gasteiger partial charge in [-0.25, -0.2) is 4.79 Å². The maximum Gasteiger partial charge on any atom is 0.329 e. The number of likely N-dealkylation sites (N-methyl/N-ethyl adjacent to an activating group) is 1. The number of carbonyl (C=O) groups excluding carboxylic acids is 1. The maximum atomic E-state index is 11.9. The Morgan fingerprint density at radius 3 is 2.44 bits per heavy atom. The number of hydrogen-bond acceptors (Lipinski definition) is 4. The number of carboxylic acids is 1. The van der Waals surface area contributed by atoms with Gasteiger partial charge in [0.2, 0.25) is 0 Å². The van der Waals surface area contributed by atoms with E-state index in [-0.39, 0.29) is 12.5 Å². The molecule has 0 aliphatic carbocycles. The zero-order valence-electron chi connectivity index (χ0n) is 9.73. The molecule has 0 saturated carbocycles. The molecule has 0 radical (unpaired) electrons. The van der Waals surface area contributed by atoms with Gasteiger partial charge in [-0.1, -0.05) is 0 Å². The van der Waals surface area contributed by atoms with Crippen molar-refractivity contribution in [3.63, 3.8) is 0 Å². The van der Waals surface area contributed by atoms with Crippen molar-refractivity contribution in [1.82, 2.24) is 4.90 Å². The first kappa shape index (κ1) is 12.9. The highest BCUT2D eigenvalue weighted by Crippen LogP contribution is 2.15. The summed E-state index contributed by atoms with van der Waals surface area (Å²) in [4.78, 5) is 24.1. The number of amides is 1. The van der Waals surface area contributed by atoms with Crippen LogP contribution in [0.4, 0.5) is 0 Å². The fraction of sp³-hybridized carbons (Fsp3) is 0.800. The summed E-state index contributed by atoms with van der Waals surface area (Å²) in [6.45, 7) is 3.94. The molecule has 1 saturated heterocycles. The van der Waals surface area contributed by atoms with Crippen LogP contribution >= 0.6 is 0 Å². The molecule has 0 aromatic heterocycles. The van der Waals surface area contributed by atoms with Crippen LogP contribution in [0.3, 0.4) is 0 Å². The molecule has 1 unspecified atom stereocenters. The Hall–Kier alpha value is -1.14. The van der Waals surface area contributed by atoms with Gasteiger partial charge in [-0.3, -0.25) is 4.79 Å². The number of ether oxygens (including phenoxy) is 2. The third kappa shape index (κ3) is 2.51. The van der Waals surface area contributed by atoms with E-state index in [9.17, 15) is 9.59 Å². The number of nitrogens with zero attached hydrogens (tertiary/aromatic N) is 1. The van der Waals surface area contributed by atoms with Gasteiger partial charge in [-0.05, 0) is 13.8 Å². The third-order valence-corrected chi connectivity index (χ3v) is 2.78. The topological polar surface area (TPSA) is 76.1 Å². The first-order valence-corrected chi connectivity index (χ1v) is 5.07. The van der Waals surface area contributed by atoms with Gasteiger partial charge < -0.3 is 19.5 Å². The van der Waals surface area contributed by atoms with Crippen LogP contribution in [0, 0.1) is 0 Å². The summed E-state index contributed by atoms with van der Waals surface area (Å²) in [5.74, 6) is -1.42. The molecule has 6 heteroatoms. The molecule has 0 aromatic carbocycles. The van der Waals surface area contributed by atoms with E-state index in [1.54, 1.807) is 0 Å². The van der Waals surface area contributed by atoms with Crippen LogP contribution in [-0.4, -0.2) is 60.4 Å². The lowest BCUT2D eigenvalue weighted by molar-refractivity contribution is -0.168. The Morgan fingerprint density at radius 1 is 1.38 bits per heavy atom. The molecule has 92 valence electrons. The van der Waals surface area contributed by atoms with E-state index in [0.29, 0.717) is 13.2 Å². The highest BCUT2D eigenvalue weighted by molar-refractivity contribution is 5.88. The Bertz CT molecular complexity index is 283. The van der Waals surface area contributed by atoms with Crippen LogP contribution in [0.25, 0.3) is 0 Å². The van der Waals surface area contributed by atoms with Crippen molar-refractivity contribution in [2.24, 2.45) is 0 Å². The molecule has 0 bridgehead atoms. The van der Waals surface area contributed by atoms with Gasteiger partial charge in [-0.2, -0.15) is 0 Å². The fourth-order valence-corrected chi connectivity index (χ4v) is 1.27. The molecular formula is C10H17NO5. The van der Waals surface area contributed by atoms with Crippen molar-refractivity contribution in [2.75, 3.05) is 26.9 Å².